The van der Waals surface area contributed by atoms with Gasteiger partial charge < -0.3 is 29.5 Å². The fraction of sp³-hybridized carbons (Fsp3) is 0.826. The number of carboxylic acid groups (broad SMARTS) is 1. The number of carbonyl (C=O) groups excluding carboxylic acids is 1. The predicted molar refractivity (Wildman–Crippen MR) is 113 cm³/mol. The van der Waals surface area contributed by atoms with Gasteiger partial charge in [-0.3, -0.25) is 4.79 Å². The van der Waals surface area contributed by atoms with Crippen LogP contribution in [0.4, 0.5) is 0 Å². The van der Waals surface area contributed by atoms with Crippen LogP contribution in [0, 0.1) is 5.92 Å². The molecule has 1 unspecified atom stereocenters. The van der Waals surface area contributed by atoms with E-state index in [1.54, 1.807) is 13.8 Å². The van der Waals surface area contributed by atoms with Gasteiger partial charge in [-0.2, -0.15) is 0 Å². The summed E-state index contributed by atoms with van der Waals surface area (Å²) in [5, 5.41) is 31.7. The highest BCUT2D eigenvalue weighted by molar-refractivity contribution is 5.86. The van der Waals surface area contributed by atoms with E-state index in [0.717, 1.165) is 0 Å². The Morgan fingerprint density at radius 2 is 1.74 bits per heavy atom. The lowest BCUT2D eigenvalue weighted by Crippen LogP contribution is -2.48. The van der Waals surface area contributed by atoms with Crippen molar-refractivity contribution in [3.05, 3.63) is 12.2 Å². The summed E-state index contributed by atoms with van der Waals surface area (Å²) < 4.78 is 17.6. The van der Waals surface area contributed by atoms with Gasteiger partial charge in [0.1, 0.15) is 11.7 Å². The van der Waals surface area contributed by atoms with Gasteiger partial charge in [0.05, 0.1) is 23.4 Å². The topological polar surface area (TPSA) is 123 Å². The van der Waals surface area contributed by atoms with Crippen LogP contribution in [0.25, 0.3) is 0 Å². The van der Waals surface area contributed by atoms with E-state index in [4.69, 9.17) is 14.2 Å². The van der Waals surface area contributed by atoms with Gasteiger partial charge in [-0.05, 0) is 71.6 Å². The van der Waals surface area contributed by atoms with Gasteiger partial charge in [0, 0.05) is 19.6 Å². The molecule has 2 aliphatic rings. The van der Waals surface area contributed by atoms with Crippen molar-refractivity contribution in [1.82, 2.24) is 0 Å². The molecule has 2 aliphatic heterocycles. The quantitative estimate of drug-likeness (QED) is 0.449. The van der Waals surface area contributed by atoms with Crippen LogP contribution in [0.15, 0.2) is 12.2 Å². The van der Waals surface area contributed by atoms with Crippen LogP contribution in [-0.2, 0) is 23.8 Å². The van der Waals surface area contributed by atoms with Gasteiger partial charge in [0.15, 0.2) is 0 Å². The molecule has 0 aromatic rings. The maximum atomic E-state index is 11.8. The van der Waals surface area contributed by atoms with Gasteiger partial charge in [-0.25, -0.2) is 4.79 Å². The third kappa shape index (κ3) is 5.86. The second-order valence-corrected chi connectivity index (χ2v) is 9.79. The smallest absolute Gasteiger partial charge is 0.331 e. The first-order valence-electron chi connectivity index (χ1n) is 11.0. The number of aliphatic carboxylic acids is 1. The molecule has 0 amide bonds. The fourth-order valence-electron chi connectivity index (χ4n) is 4.80. The van der Waals surface area contributed by atoms with Gasteiger partial charge in [0.25, 0.3) is 0 Å². The van der Waals surface area contributed by atoms with Crippen molar-refractivity contribution in [3.8, 4) is 0 Å². The van der Waals surface area contributed by atoms with Crippen LogP contribution in [0.2, 0.25) is 0 Å². The largest absolute Gasteiger partial charge is 0.478 e. The summed E-state index contributed by atoms with van der Waals surface area (Å²) in [6.07, 6.45) is 0.663. The van der Waals surface area contributed by atoms with Crippen LogP contribution in [0.5, 0.6) is 0 Å². The Kier molecular flexibility index (Phi) is 7.95. The Morgan fingerprint density at radius 3 is 2.29 bits per heavy atom. The Labute approximate surface area is 184 Å². The number of fused-ring (bicyclic) bond motifs is 2. The minimum absolute atomic E-state index is 0.00172. The molecule has 31 heavy (non-hydrogen) atoms. The minimum Gasteiger partial charge on any atom is -0.478 e. The molecule has 2 fully saturated rings. The summed E-state index contributed by atoms with van der Waals surface area (Å²) in [4.78, 5) is 23.4. The standard InChI is InChI=1S/C23H38O8/c1-14(20(26)27)16-7-10-21(3,28)18-8-12-23(5,31-18)19(30-15(2)24)9-11-22(4,29-6)17(25)13-16/h16-19,25,28H,1,7-13H2,2-6H3,(H,26,27)/t16-,17+,18+,19?,21-,22+,23-/m1/s1. The average Bonchev–Trinajstić information content (AvgIpc) is 3.10. The molecule has 0 aliphatic carbocycles. The molecule has 8 heteroatoms. The SMILES string of the molecule is C=C(C(=O)O)[C@@H]1CC[C@@](C)(O)[C@@H]2CC[C@@](C)(O2)C(OC(C)=O)CC[C@](C)(OC)[C@@H](O)C1. The second kappa shape index (κ2) is 9.57. The summed E-state index contributed by atoms with van der Waals surface area (Å²) >= 11 is 0. The zero-order chi connectivity index (χ0) is 23.6. The molecule has 2 rings (SSSR count). The molecule has 0 aromatic carbocycles. The van der Waals surface area contributed by atoms with Crippen molar-refractivity contribution in [1.29, 1.82) is 0 Å². The number of hydrogen-bond donors (Lipinski definition) is 3. The van der Waals surface area contributed by atoms with Crippen LogP contribution in [0.3, 0.4) is 0 Å². The Bertz CT molecular complexity index is 689. The Morgan fingerprint density at radius 1 is 1.10 bits per heavy atom. The van der Waals surface area contributed by atoms with Crippen molar-refractivity contribution in [2.45, 2.75) is 108 Å². The summed E-state index contributed by atoms with van der Waals surface area (Å²) in [5.74, 6) is -2.09. The van der Waals surface area contributed by atoms with E-state index < -0.39 is 53.0 Å². The molecular formula is C23H38O8. The molecule has 8 nitrogen and oxygen atoms in total. The molecule has 2 bridgehead atoms. The van der Waals surface area contributed by atoms with E-state index in [-0.39, 0.29) is 18.4 Å². The summed E-state index contributed by atoms with van der Waals surface area (Å²) in [6, 6.07) is 0. The molecule has 3 N–H and O–H groups in total. The zero-order valence-electron chi connectivity index (χ0n) is 19.3. The summed E-state index contributed by atoms with van der Waals surface area (Å²) in [6.45, 7) is 10.4. The van der Waals surface area contributed by atoms with E-state index in [0.29, 0.717) is 32.1 Å². The number of methoxy groups -OCH3 is 1. The number of aliphatic hydroxyl groups is 2. The van der Waals surface area contributed by atoms with E-state index in [1.807, 2.05) is 6.92 Å². The van der Waals surface area contributed by atoms with Gasteiger partial charge in [-0.1, -0.05) is 6.58 Å². The number of carbonyl (C=O) groups is 2. The fourth-order valence-corrected chi connectivity index (χ4v) is 4.80. The number of hydrogen-bond acceptors (Lipinski definition) is 7. The second-order valence-electron chi connectivity index (χ2n) is 9.79. The maximum Gasteiger partial charge on any atom is 0.331 e. The molecule has 2 heterocycles. The van der Waals surface area contributed by atoms with E-state index in [2.05, 4.69) is 6.58 Å². The molecule has 0 saturated carbocycles. The van der Waals surface area contributed by atoms with E-state index >= 15 is 0 Å². The Balaban J connectivity index is 2.43. The summed E-state index contributed by atoms with van der Waals surface area (Å²) in [7, 11) is 1.50. The van der Waals surface area contributed by atoms with Crippen LogP contribution in [-0.4, -0.2) is 69.5 Å². The first kappa shape index (κ1) is 25.8. The maximum absolute atomic E-state index is 11.8. The average molecular weight is 443 g/mol. The number of rotatable bonds is 4. The van der Waals surface area contributed by atoms with Gasteiger partial charge >= 0.3 is 11.9 Å². The summed E-state index contributed by atoms with van der Waals surface area (Å²) in [5.41, 5.74) is -2.98. The first-order chi connectivity index (χ1) is 14.2. The molecule has 0 aromatic heterocycles. The number of ether oxygens (including phenoxy) is 3. The van der Waals surface area contributed by atoms with Crippen molar-refractivity contribution < 1.29 is 39.1 Å². The molecule has 178 valence electrons. The predicted octanol–water partition coefficient (Wildman–Crippen LogP) is 2.59. The number of aliphatic hydroxyl groups excluding tert-OH is 1. The molecule has 0 spiro atoms. The van der Waals surface area contributed by atoms with Crippen LogP contribution >= 0.6 is 0 Å². The van der Waals surface area contributed by atoms with Gasteiger partial charge in [0.2, 0.25) is 0 Å². The van der Waals surface area contributed by atoms with Crippen molar-refractivity contribution in [3.63, 3.8) is 0 Å². The van der Waals surface area contributed by atoms with Crippen LogP contribution in [0.1, 0.15) is 72.6 Å². The monoisotopic (exact) mass is 442 g/mol. The molecular weight excluding hydrogens is 404 g/mol. The molecule has 7 atom stereocenters. The van der Waals surface area contributed by atoms with Crippen molar-refractivity contribution in [2.24, 2.45) is 5.92 Å². The van der Waals surface area contributed by atoms with Gasteiger partial charge in [-0.15, -0.1) is 0 Å². The van der Waals surface area contributed by atoms with Crippen LogP contribution < -0.4 is 0 Å². The first-order valence-corrected chi connectivity index (χ1v) is 11.0. The third-order valence-electron chi connectivity index (χ3n) is 7.35. The van der Waals surface area contributed by atoms with Crippen molar-refractivity contribution in [2.75, 3.05) is 7.11 Å². The van der Waals surface area contributed by atoms with E-state index in [9.17, 15) is 24.9 Å². The molecule has 2 saturated heterocycles. The molecule has 0 radical (unpaired) electrons. The van der Waals surface area contributed by atoms with Crippen molar-refractivity contribution >= 4 is 11.9 Å². The number of carboxylic acids is 1. The third-order valence-corrected chi connectivity index (χ3v) is 7.35. The zero-order valence-corrected chi connectivity index (χ0v) is 19.3. The minimum atomic E-state index is -1.21. The lowest BCUT2D eigenvalue weighted by molar-refractivity contribution is -0.186. The normalized spacial score (nSPS) is 42.0. The number of esters is 1. The highest BCUT2D eigenvalue weighted by Crippen LogP contribution is 2.43. The Hall–Kier alpha value is -1.48. The van der Waals surface area contributed by atoms with E-state index in [1.165, 1.54) is 14.0 Å². The lowest BCUT2D eigenvalue weighted by Gasteiger charge is -2.39. The highest BCUT2D eigenvalue weighted by atomic mass is 16.6. The highest BCUT2D eigenvalue weighted by Gasteiger charge is 2.50. The lowest BCUT2D eigenvalue weighted by atomic mass is 9.78.